The van der Waals surface area contributed by atoms with Gasteiger partial charge in [-0.2, -0.15) is 0 Å². The zero-order valence-electron chi connectivity index (χ0n) is 7.29. The maximum absolute atomic E-state index is 11.1. The number of carbonyl (C=O) groups excluding carboxylic acids is 2. The van der Waals surface area contributed by atoms with Gasteiger partial charge in [0.2, 0.25) is 0 Å². The van der Waals surface area contributed by atoms with Crippen molar-refractivity contribution in [2.75, 3.05) is 6.61 Å². The summed E-state index contributed by atoms with van der Waals surface area (Å²) in [7, 11) is 0. The number of hydrogen-bond acceptors (Lipinski definition) is 3. The molecule has 2 atom stereocenters. The van der Waals surface area contributed by atoms with Gasteiger partial charge in [0, 0.05) is 0 Å². The first-order valence-electron chi connectivity index (χ1n) is 4.41. The van der Waals surface area contributed by atoms with Crippen molar-refractivity contribution in [1.82, 2.24) is 0 Å². The fourth-order valence-electron chi connectivity index (χ4n) is 1.47. The fourth-order valence-corrected chi connectivity index (χ4v) is 1.47. The number of cyclic esters (lactones) is 1. The summed E-state index contributed by atoms with van der Waals surface area (Å²) >= 11 is 0. The Labute approximate surface area is 72.1 Å². The predicted octanol–water partition coefficient (Wildman–Crippen LogP) is 1.16. The lowest BCUT2D eigenvalue weighted by molar-refractivity contribution is -0.141. The molecular weight excluding hydrogens is 156 g/mol. The normalized spacial score (nSPS) is 28.6. The second-order valence-electron chi connectivity index (χ2n) is 3.18. The van der Waals surface area contributed by atoms with E-state index >= 15 is 0 Å². The molecule has 12 heavy (non-hydrogen) atoms. The van der Waals surface area contributed by atoms with Crippen molar-refractivity contribution >= 4 is 12.3 Å². The largest absolute Gasteiger partial charge is 0.465 e. The van der Waals surface area contributed by atoms with Crippen molar-refractivity contribution < 1.29 is 14.3 Å². The van der Waals surface area contributed by atoms with E-state index in [9.17, 15) is 9.59 Å². The van der Waals surface area contributed by atoms with Crippen molar-refractivity contribution in [3.8, 4) is 0 Å². The Hall–Kier alpha value is -0.860. The SMILES string of the molecule is CCCCC1C(=O)OCC1C=O. The first-order chi connectivity index (χ1) is 5.79. The Balaban J connectivity index is 2.46. The van der Waals surface area contributed by atoms with E-state index in [1.54, 1.807) is 0 Å². The number of esters is 1. The Morgan fingerprint density at radius 3 is 3.00 bits per heavy atom. The molecule has 2 unspecified atom stereocenters. The van der Waals surface area contributed by atoms with Crippen LogP contribution in [0.2, 0.25) is 0 Å². The Kier molecular flexibility index (Phi) is 3.26. The van der Waals surface area contributed by atoms with Crippen LogP contribution in [0, 0.1) is 11.8 Å². The number of unbranched alkanes of at least 4 members (excludes halogenated alkanes) is 1. The van der Waals surface area contributed by atoms with Crippen molar-refractivity contribution in [1.29, 1.82) is 0 Å². The van der Waals surface area contributed by atoms with Gasteiger partial charge in [-0.25, -0.2) is 0 Å². The molecule has 0 radical (unpaired) electrons. The highest BCUT2D eigenvalue weighted by Gasteiger charge is 2.35. The highest BCUT2D eigenvalue weighted by Crippen LogP contribution is 2.25. The maximum Gasteiger partial charge on any atom is 0.309 e. The molecular formula is C9H14O3. The van der Waals surface area contributed by atoms with Gasteiger partial charge in [0.25, 0.3) is 0 Å². The number of aldehydes is 1. The van der Waals surface area contributed by atoms with Crippen LogP contribution < -0.4 is 0 Å². The van der Waals surface area contributed by atoms with Crippen LogP contribution in [0.5, 0.6) is 0 Å². The van der Waals surface area contributed by atoms with E-state index in [0.29, 0.717) is 0 Å². The predicted molar refractivity (Wildman–Crippen MR) is 43.5 cm³/mol. The number of hydrogen-bond donors (Lipinski definition) is 0. The van der Waals surface area contributed by atoms with E-state index in [1.165, 1.54) is 0 Å². The molecule has 0 aromatic rings. The standard InChI is InChI=1S/C9H14O3/c1-2-3-4-8-7(5-10)6-12-9(8)11/h5,7-8H,2-4,6H2,1H3. The van der Waals surface area contributed by atoms with Gasteiger partial charge in [0.15, 0.2) is 0 Å². The van der Waals surface area contributed by atoms with Gasteiger partial charge >= 0.3 is 5.97 Å². The molecule has 0 bridgehead atoms. The van der Waals surface area contributed by atoms with Crippen LogP contribution in [0.4, 0.5) is 0 Å². The van der Waals surface area contributed by atoms with Crippen LogP contribution >= 0.6 is 0 Å². The monoisotopic (exact) mass is 170 g/mol. The van der Waals surface area contributed by atoms with E-state index in [-0.39, 0.29) is 24.4 Å². The van der Waals surface area contributed by atoms with Gasteiger partial charge in [0.1, 0.15) is 12.9 Å². The molecule has 0 aliphatic carbocycles. The molecule has 3 nitrogen and oxygen atoms in total. The molecule has 1 fully saturated rings. The Bertz CT molecular complexity index is 177. The van der Waals surface area contributed by atoms with Crippen molar-refractivity contribution in [3.05, 3.63) is 0 Å². The van der Waals surface area contributed by atoms with E-state index in [2.05, 4.69) is 6.92 Å². The zero-order chi connectivity index (χ0) is 8.97. The molecule has 68 valence electrons. The average molecular weight is 170 g/mol. The molecule has 0 spiro atoms. The van der Waals surface area contributed by atoms with E-state index in [0.717, 1.165) is 25.5 Å². The molecule has 1 heterocycles. The molecule has 3 heteroatoms. The minimum atomic E-state index is -0.194. The molecule has 1 aliphatic rings. The zero-order valence-corrected chi connectivity index (χ0v) is 7.29. The second-order valence-corrected chi connectivity index (χ2v) is 3.18. The summed E-state index contributed by atoms with van der Waals surface area (Å²) in [5.74, 6) is -0.549. The molecule has 0 saturated carbocycles. The Morgan fingerprint density at radius 2 is 2.42 bits per heavy atom. The molecule has 1 saturated heterocycles. The topological polar surface area (TPSA) is 43.4 Å². The van der Waals surface area contributed by atoms with Crippen LogP contribution in [0.3, 0.4) is 0 Å². The smallest absolute Gasteiger partial charge is 0.309 e. The van der Waals surface area contributed by atoms with Gasteiger partial charge in [-0.3, -0.25) is 4.79 Å². The van der Waals surface area contributed by atoms with Crippen LogP contribution in [0.15, 0.2) is 0 Å². The minimum Gasteiger partial charge on any atom is -0.465 e. The van der Waals surface area contributed by atoms with Crippen molar-refractivity contribution in [2.24, 2.45) is 11.8 Å². The number of ether oxygens (including phenoxy) is 1. The van der Waals surface area contributed by atoms with Crippen LogP contribution in [-0.4, -0.2) is 18.9 Å². The van der Waals surface area contributed by atoms with Gasteiger partial charge in [-0.15, -0.1) is 0 Å². The van der Waals surface area contributed by atoms with Gasteiger partial charge in [0.05, 0.1) is 11.8 Å². The number of carbonyl (C=O) groups is 2. The first kappa shape index (κ1) is 9.23. The lowest BCUT2D eigenvalue weighted by Gasteiger charge is -2.07. The summed E-state index contributed by atoms with van der Waals surface area (Å²) in [5, 5.41) is 0. The second kappa shape index (κ2) is 4.24. The summed E-state index contributed by atoms with van der Waals surface area (Å²) in [6.45, 7) is 2.35. The first-order valence-corrected chi connectivity index (χ1v) is 4.41. The third kappa shape index (κ3) is 1.84. The van der Waals surface area contributed by atoms with Crippen LogP contribution in [-0.2, 0) is 14.3 Å². The third-order valence-corrected chi connectivity index (χ3v) is 2.28. The average Bonchev–Trinajstić information content (AvgIpc) is 2.43. The van der Waals surface area contributed by atoms with Gasteiger partial charge in [-0.05, 0) is 6.42 Å². The molecule has 0 aromatic carbocycles. The highest BCUT2D eigenvalue weighted by atomic mass is 16.5. The van der Waals surface area contributed by atoms with E-state index in [1.807, 2.05) is 0 Å². The summed E-state index contributed by atoms with van der Waals surface area (Å²) < 4.78 is 4.80. The highest BCUT2D eigenvalue weighted by molar-refractivity contribution is 5.79. The molecule has 0 amide bonds. The van der Waals surface area contributed by atoms with Crippen LogP contribution in [0.25, 0.3) is 0 Å². The third-order valence-electron chi connectivity index (χ3n) is 2.28. The molecule has 0 N–H and O–H groups in total. The summed E-state index contributed by atoms with van der Waals surface area (Å²) in [4.78, 5) is 21.6. The van der Waals surface area contributed by atoms with E-state index < -0.39 is 0 Å². The summed E-state index contributed by atoms with van der Waals surface area (Å²) in [6, 6.07) is 0. The quantitative estimate of drug-likeness (QED) is 0.469. The lowest BCUT2D eigenvalue weighted by atomic mass is 9.92. The van der Waals surface area contributed by atoms with E-state index in [4.69, 9.17) is 4.74 Å². The minimum absolute atomic E-state index is 0.164. The Morgan fingerprint density at radius 1 is 1.67 bits per heavy atom. The number of rotatable bonds is 4. The summed E-state index contributed by atoms with van der Waals surface area (Å²) in [5.41, 5.74) is 0. The van der Waals surface area contributed by atoms with Crippen molar-refractivity contribution in [3.63, 3.8) is 0 Å². The fraction of sp³-hybridized carbons (Fsp3) is 0.778. The molecule has 1 rings (SSSR count). The van der Waals surface area contributed by atoms with Crippen molar-refractivity contribution in [2.45, 2.75) is 26.2 Å². The van der Waals surface area contributed by atoms with Gasteiger partial charge < -0.3 is 9.53 Å². The van der Waals surface area contributed by atoms with Gasteiger partial charge in [-0.1, -0.05) is 19.8 Å². The maximum atomic E-state index is 11.1. The molecule has 0 aromatic heterocycles. The van der Waals surface area contributed by atoms with Crippen LogP contribution in [0.1, 0.15) is 26.2 Å². The summed E-state index contributed by atoms with van der Waals surface area (Å²) in [6.07, 6.45) is 3.67. The lowest BCUT2D eigenvalue weighted by Crippen LogP contribution is -2.16. The molecule has 1 aliphatic heterocycles.